The van der Waals surface area contributed by atoms with Gasteiger partial charge in [0.15, 0.2) is 0 Å². The van der Waals surface area contributed by atoms with Gasteiger partial charge in [0, 0.05) is 27.3 Å². The van der Waals surface area contributed by atoms with Gasteiger partial charge in [-0.25, -0.2) is 4.79 Å². The molecule has 5 heteroatoms. The first-order valence-electron chi connectivity index (χ1n) is 8.50. The minimum Gasteiger partial charge on any atom is -0.444 e. The van der Waals surface area contributed by atoms with Crippen molar-refractivity contribution in [3.05, 3.63) is 60.7 Å². The van der Waals surface area contributed by atoms with Crippen LogP contribution in [0.1, 0.15) is 20.3 Å². The van der Waals surface area contributed by atoms with Crippen molar-refractivity contribution < 1.29 is 9.53 Å². The molecule has 1 unspecified atom stereocenters. The zero-order valence-corrected chi connectivity index (χ0v) is 16.3. The average molecular weight is 376 g/mol. The Morgan fingerprint density at radius 3 is 1.88 bits per heavy atom. The second kappa shape index (κ2) is 11.1. The van der Waals surface area contributed by atoms with Crippen molar-refractivity contribution in [1.29, 1.82) is 0 Å². The summed E-state index contributed by atoms with van der Waals surface area (Å²) < 4.78 is 5.67. The summed E-state index contributed by atoms with van der Waals surface area (Å²) in [5.41, 5.74) is 0. The molecule has 3 nitrogen and oxygen atoms in total. The van der Waals surface area contributed by atoms with E-state index in [-0.39, 0.29) is 18.2 Å². The number of amides is 1. The first kappa shape index (κ1) is 19.7. The summed E-state index contributed by atoms with van der Waals surface area (Å²) in [6, 6.07) is 20.5. The quantitative estimate of drug-likeness (QED) is 0.590. The fraction of sp³-hybridized carbons (Fsp3) is 0.350. The lowest BCUT2D eigenvalue weighted by Crippen LogP contribution is -2.36. The molecule has 2 aromatic rings. The van der Waals surface area contributed by atoms with Crippen LogP contribution < -0.4 is 5.32 Å². The number of carbonyl (C=O) groups is 1. The molecule has 0 saturated heterocycles. The number of benzene rings is 2. The molecule has 0 saturated carbocycles. The van der Waals surface area contributed by atoms with E-state index < -0.39 is 0 Å². The summed E-state index contributed by atoms with van der Waals surface area (Å²) in [5.74, 6) is 1.47. The molecule has 0 spiro atoms. The molecule has 0 aliphatic rings. The standard InChI is InChI=1S/C20H25NO2S2/c1-3-16(2)21-20(22)23-17(14-24-18-10-6-4-7-11-18)15-25-19-12-8-5-9-13-19/h4-13,16-17H,3,14-15H2,1-2H3,(H,21,22). The van der Waals surface area contributed by atoms with Crippen LogP contribution in [0, 0.1) is 0 Å². The van der Waals surface area contributed by atoms with Gasteiger partial charge in [-0.05, 0) is 37.6 Å². The molecule has 134 valence electrons. The number of nitrogens with one attached hydrogen (secondary N) is 1. The Morgan fingerprint density at radius 2 is 1.44 bits per heavy atom. The Balaban J connectivity index is 1.91. The first-order chi connectivity index (χ1) is 12.2. The monoisotopic (exact) mass is 375 g/mol. The van der Waals surface area contributed by atoms with Crippen LogP contribution in [0.25, 0.3) is 0 Å². The van der Waals surface area contributed by atoms with Crippen molar-refractivity contribution in [2.45, 2.75) is 42.2 Å². The van der Waals surface area contributed by atoms with Gasteiger partial charge in [-0.2, -0.15) is 0 Å². The average Bonchev–Trinajstić information content (AvgIpc) is 2.65. The maximum atomic E-state index is 12.1. The van der Waals surface area contributed by atoms with Crippen LogP contribution in [-0.4, -0.2) is 29.7 Å². The number of carbonyl (C=O) groups excluding carboxylic acids is 1. The minimum atomic E-state index is -0.332. The van der Waals surface area contributed by atoms with E-state index in [4.69, 9.17) is 4.74 Å². The Hall–Kier alpha value is -1.59. The van der Waals surface area contributed by atoms with Gasteiger partial charge < -0.3 is 10.1 Å². The topological polar surface area (TPSA) is 38.3 Å². The molecule has 0 radical (unpaired) electrons. The molecular weight excluding hydrogens is 350 g/mol. The lowest BCUT2D eigenvalue weighted by molar-refractivity contribution is 0.116. The Kier molecular flexibility index (Phi) is 8.77. The molecule has 25 heavy (non-hydrogen) atoms. The Labute approximate surface area is 158 Å². The number of thioether (sulfide) groups is 2. The van der Waals surface area contributed by atoms with E-state index in [0.717, 1.165) is 17.9 Å². The Bertz CT molecular complexity index is 579. The number of hydrogen-bond donors (Lipinski definition) is 1. The fourth-order valence-corrected chi connectivity index (χ4v) is 3.99. The summed E-state index contributed by atoms with van der Waals surface area (Å²) >= 11 is 3.42. The number of hydrogen-bond acceptors (Lipinski definition) is 4. The van der Waals surface area contributed by atoms with Gasteiger partial charge in [0.05, 0.1) is 0 Å². The molecule has 1 N–H and O–H groups in total. The maximum Gasteiger partial charge on any atom is 0.407 e. The van der Waals surface area contributed by atoms with Crippen LogP contribution in [-0.2, 0) is 4.74 Å². The van der Waals surface area contributed by atoms with Crippen molar-refractivity contribution in [3.8, 4) is 0 Å². The molecule has 0 bridgehead atoms. The normalized spacial score (nSPS) is 12.0. The zero-order chi connectivity index (χ0) is 17.9. The SMILES string of the molecule is CCC(C)NC(=O)OC(CSc1ccccc1)CSc1ccccc1. The van der Waals surface area contributed by atoms with Gasteiger partial charge in [0.2, 0.25) is 0 Å². The van der Waals surface area contributed by atoms with E-state index in [1.54, 1.807) is 23.5 Å². The molecule has 0 aliphatic heterocycles. The van der Waals surface area contributed by atoms with Crippen molar-refractivity contribution in [3.63, 3.8) is 0 Å². The van der Waals surface area contributed by atoms with Crippen molar-refractivity contribution in [2.75, 3.05) is 11.5 Å². The fourth-order valence-electron chi connectivity index (χ4n) is 2.02. The molecular formula is C20H25NO2S2. The predicted octanol–water partition coefficient (Wildman–Crippen LogP) is 5.46. The number of ether oxygens (including phenoxy) is 1. The third-order valence-corrected chi connectivity index (χ3v) is 5.90. The summed E-state index contributed by atoms with van der Waals surface area (Å²) in [6.45, 7) is 4.02. The molecule has 0 heterocycles. The van der Waals surface area contributed by atoms with Gasteiger partial charge in [-0.15, -0.1) is 23.5 Å². The number of rotatable bonds is 9. The van der Waals surface area contributed by atoms with Gasteiger partial charge in [-0.3, -0.25) is 0 Å². The van der Waals surface area contributed by atoms with Crippen molar-refractivity contribution in [2.24, 2.45) is 0 Å². The van der Waals surface area contributed by atoms with E-state index in [9.17, 15) is 4.79 Å². The smallest absolute Gasteiger partial charge is 0.407 e. The van der Waals surface area contributed by atoms with E-state index in [1.807, 2.05) is 50.2 Å². The highest BCUT2D eigenvalue weighted by Gasteiger charge is 2.17. The third-order valence-electron chi connectivity index (χ3n) is 3.61. The molecule has 0 aromatic heterocycles. The van der Waals surface area contributed by atoms with E-state index in [0.29, 0.717) is 0 Å². The third kappa shape index (κ3) is 7.88. The van der Waals surface area contributed by atoms with Crippen LogP contribution >= 0.6 is 23.5 Å². The van der Waals surface area contributed by atoms with Crippen LogP contribution in [0.4, 0.5) is 4.79 Å². The molecule has 2 rings (SSSR count). The maximum absolute atomic E-state index is 12.1. The van der Waals surface area contributed by atoms with Gasteiger partial charge in [0.25, 0.3) is 0 Å². The first-order valence-corrected chi connectivity index (χ1v) is 10.5. The van der Waals surface area contributed by atoms with Gasteiger partial charge >= 0.3 is 6.09 Å². The molecule has 0 fully saturated rings. The van der Waals surface area contributed by atoms with Crippen molar-refractivity contribution >= 4 is 29.6 Å². The second-order valence-electron chi connectivity index (χ2n) is 5.73. The highest BCUT2D eigenvalue weighted by Crippen LogP contribution is 2.24. The lowest BCUT2D eigenvalue weighted by atomic mass is 10.3. The lowest BCUT2D eigenvalue weighted by Gasteiger charge is -2.19. The zero-order valence-electron chi connectivity index (χ0n) is 14.7. The molecule has 1 atom stereocenters. The highest BCUT2D eigenvalue weighted by molar-refractivity contribution is 8.00. The molecule has 1 amide bonds. The van der Waals surface area contributed by atoms with Crippen LogP contribution in [0.5, 0.6) is 0 Å². The minimum absolute atomic E-state index is 0.122. The predicted molar refractivity (Wildman–Crippen MR) is 107 cm³/mol. The second-order valence-corrected chi connectivity index (χ2v) is 7.92. The summed E-state index contributed by atoms with van der Waals surface area (Å²) in [7, 11) is 0. The summed E-state index contributed by atoms with van der Waals surface area (Å²) in [5, 5.41) is 2.88. The van der Waals surface area contributed by atoms with Crippen LogP contribution in [0.3, 0.4) is 0 Å². The Morgan fingerprint density at radius 1 is 0.960 bits per heavy atom. The van der Waals surface area contributed by atoms with Gasteiger partial charge in [0.1, 0.15) is 6.10 Å². The van der Waals surface area contributed by atoms with E-state index in [2.05, 4.69) is 29.6 Å². The van der Waals surface area contributed by atoms with E-state index in [1.165, 1.54) is 9.79 Å². The summed E-state index contributed by atoms with van der Waals surface area (Å²) in [4.78, 5) is 14.5. The highest BCUT2D eigenvalue weighted by atomic mass is 32.2. The van der Waals surface area contributed by atoms with E-state index >= 15 is 0 Å². The van der Waals surface area contributed by atoms with Crippen LogP contribution in [0.2, 0.25) is 0 Å². The largest absolute Gasteiger partial charge is 0.444 e. The van der Waals surface area contributed by atoms with Crippen LogP contribution in [0.15, 0.2) is 70.5 Å². The molecule has 0 aliphatic carbocycles. The molecule has 2 aromatic carbocycles. The van der Waals surface area contributed by atoms with Gasteiger partial charge in [-0.1, -0.05) is 43.3 Å². The van der Waals surface area contributed by atoms with Crippen molar-refractivity contribution in [1.82, 2.24) is 5.32 Å². The number of alkyl carbamates (subject to hydrolysis) is 1. The summed E-state index contributed by atoms with van der Waals surface area (Å²) in [6.07, 6.45) is 0.401.